The van der Waals surface area contributed by atoms with Crippen LogP contribution in [0.5, 0.6) is 0 Å². The molecule has 0 aromatic carbocycles. The zero-order valence-corrected chi connectivity index (χ0v) is 14.4. The van der Waals surface area contributed by atoms with Gasteiger partial charge in [-0.1, -0.05) is 6.92 Å². The van der Waals surface area contributed by atoms with E-state index in [0.29, 0.717) is 18.1 Å². The summed E-state index contributed by atoms with van der Waals surface area (Å²) in [6.45, 7) is 2.14. The molecule has 0 spiro atoms. The Bertz CT molecular complexity index is 501. The van der Waals surface area contributed by atoms with Gasteiger partial charge in [-0.3, -0.25) is 9.59 Å². The molecule has 0 bridgehead atoms. The molecule has 0 radical (unpaired) electrons. The number of carbonyl (C=O) groups is 2. The van der Waals surface area contributed by atoms with Gasteiger partial charge in [0.05, 0.1) is 7.11 Å². The van der Waals surface area contributed by atoms with E-state index in [4.69, 9.17) is 10.5 Å². The van der Waals surface area contributed by atoms with Gasteiger partial charge in [-0.15, -0.1) is 0 Å². The number of aliphatic hydroxyl groups is 1. The number of carbonyl (C=O) groups excluding carboxylic acids is 2. The number of ether oxygens (including phenoxy) is 2. The second-order valence-electron chi connectivity index (χ2n) is 7.03. The molecule has 1 saturated heterocycles. The normalized spacial score (nSPS) is 43.0. The van der Waals surface area contributed by atoms with Gasteiger partial charge >= 0.3 is 11.9 Å². The molecule has 3 aliphatic rings. The van der Waals surface area contributed by atoms with E-state index < -0.39 is 23.5 Å². The van der Waals surface area contributed by atoms with E-state index in [0.717, 1.165) is 19.3 Å². The first kappa shape index (κ1) is 17.0. The summed E-state index contributed by atoms with van der Waals surface area (Å²) in [5.41, 5.74) is 4.77. The topological polar surface area (TPSA) is 98.9 Å². The number of esters is 2. The van der Waals surface area contributed by atoms with Crippen LogP contribution in [0.25, 0.3) is 0 Å². The molecule has 0 aromatic rings. The second kappa shape index (κ2) is 6.26. The van der Waals surface area contributed by atoms with E-state index in [1.165, 1.54) is 7.11 Å². The smallest absolute Gasteiger partial charge is 0.322 e. The van der Waals surface area contributed by atoms with Crippen LogP contribution in [-0.2, 0) is 19.1 Å². The maximum Gasteiger partial charge on any atom is 0.322 e. The molecule has 2 saturated carbocycles. The van der Waals surface area contributed by atoms with Gasteiger partial charge in [0, 0.05) is 5.25 Å². The van der Waals surface area contributed by atoms with Crippen LogP contribution >= 0.6 is 11.8 Å². The Labute approximate surface area is 140 Å². The van der Waals surface area contributed by atoms with Crippen molar-refractivity contribution < 1.29 is 24.2 Å². The van der Waals surface area contributed by atoms with Crippen LogP contribution < -0.4 is 5.73 Å². The summed E-state index contributed by atoms with van der Waals surface area (Å²) in [6.07, 6.45) is 2.77. The van der Waals surface area contributed by atoms with Crippen molar-refractivity contribution >= 4 is 23.7 Å². The first-order valence-electron chi connectivity index (χ1n) is 8.27. The Morgan fingerprint density at radius 3 is 3.00 bits per heavy atom. The van der Waals surface area contributed by atoms with Crippen LogP contribution in [0.2, 0.25) is 0 Å². The van der Waals surface area contributed by atoms with Crippen LogP contribution in [0.15, 0.2) is 0 Å². The standard InChI is InChI=1S/C16H25NO5S/c1-8-7-9-3-4-11-16(9,20)12(15(19)22-11)13(8)23-6-5-10(17)14(18)21-2/h8-13,20H,3-7,17H2,1-2H3/t8-,9+,10-,11+,12?,13+,16+/m0/s1. The van der Waals surface area contributed by atoms with Crippen molar-refractivity contribution in [3.8, 4) is 0 Å². The quantitative estimate of drug-likeness (QED) is 0.709. The van der Waals surface area contributed by atoms with E-state index in [9.17, 15) is 14.7 Å². The van der Waals surface area contributed by atoms with Gasteiger partial charge in [0.1, 0.15) is 23.7 Å². The van der Waals surface area contributed by atoms with E-state index in [2.05, 4.69) is 11.7 Å². The first-order valence-corrected chi connectivity index (χ1v) is 9.32. The number of methoxy groups -OCH3 is 1. The number of hydrogen-bond acceptors (Lipinski definition) is 7. The van der Waals surface area contributed by atoms with Gasteiger partial charge in [0.15, 0.2) is 0 Å². The molecule has 23 heavy (non-hydrogen) atoms. The fourth-order valence-corrected chi connectivity index (χ4v) is 6.19. The van der Waals surface area contributed by atoms with Gasteiger partial charge < -0.3 is 20.3 Å². The molecule has 2 aliphatic carbocycles. The minimum Gasteiger partial charge on any atom is -0.468 e. The lowest BCUT2D eigenvalue weighted by molar-refractivity contribution is -0.145. The molecule has 0 aromatic heterocycles. The van der Waals surface area contributed by atoms with Crippen molar-refractivity contribution in [2.75, 3.05) is 12.9 Å². The Hall–Kier alpha value is -0.790. The molecule has 7 heteroatoms. The predicted molar refractivity (Wildman–Crippen MR) is 85.7 cm³/mol. The molecule has 3 N–H and O–H groups in total. The summed E-state index contributed by atoms with van der Waals surface area (Å²) >= 11 is 1.62. The lowest BCUT2D eigenvalue weighted by Crippen LogP contribution is -2.55. The van der Waals surface area contributed by atoms with Gasteiger partial charge in [-0.05, 0) is 43.3 Å². The highest BCUT2D eigenvalue weighted by molar-refractivity contribution is 7.99. The molecule has 1 heterocycles. The summed E-state index contributed by atoms with van der Waals surface area (Å²) in [5, 5.41) is 11.2. The van der Waals surface area contributed by atoms with Crippen molar-refractivity contribution in [1.29, 1.82) is 0 Å². The highest BCUT2D eigenvalue weighted by atomic mass is 32.2. The average molecular weight is 343 g/mol. The number of rotatable bonds is 5. The van der Waals surface area contributed by atoms with Crippen LogP contribution in [0, 0.1) is 17.8 Å². The van der Waals surface area contributed by atoms with Gasteiger partial charge in [-0.2, -0.15) is 11.8 Å². The molecule has 3 rings (SSSR count). The minimum atomic E-state index is -0.994. The van der Waals surface area contributed by atoms with E-state index >= 15 is 0 Å². The summed E-state index contributed by atoms with van der Waals surface area (Å²) in [7, 11) is 1.32. The van der Waals surface area contributed by atoms with E-state index in [1.54, 1.807) is 11.8 Å². The molecule has 6 nitrogen and oxygen atoms in total. The zero-order chi connectivity index (χ0) is 16.8. The fourth-order valence-electron chi connectivity index (χ4n) is 4.56. The van der Waals surface area contributed by atoms with Crippen molar-refractivity contribution in [1.82, 2.24) is 0 Å². The second-order valence-corrected chi connectivity index (χ2v) is 8.32. The third kappa shape index (κ3) is 2.66. The number of hydrogen-bond donors (Lipinski definition) is 2. The summed E-state index contributed by atoms with van der Waals surface area (Å²) < 4.78 is 10.1. The van der Waals surface area contributed by atoms with Gasteiger partial charge in [0.25, 0.3) is 0 Å². The third-order valence-corrected chi connectivity index (χ3v) is 7.34. The van der Waals surface area contributed by atoms with Crippen LogP contribution in [0.3, 0.4) is 0 Å². The van der Waals surface area contributed by atoms with E-state index in [1.807, 2.05) is 0 Å². The molecular weight excluding hydrogens is 318 g/mol. The SMILES string of the molecule is COC(=O)[C@@H](N)CCS[C@H]1C2C(=O)O[C@@H]3CC[C@H](C[C@@H]1C)[C@]23O. The Kier molecular flexibility index (Phi) is 4.64. The molecular formula is C16H25NO5S. The number of thioether (sulfide) groups is 1. The zero-order valence-electron chi connectivity index (χ0n) is 13.6. The van der Waals surface area contributed by atoms with Gasteiger partial charge in [0.2, 0.25) is 0 Å². The summed E-state index contributed by atoms with van der Waals surface area (Å²) in [5.74, 6) is 0.00591. The number of nitrogens with two attached hydrogens (primary N) is 1. The predicted octanol–water partition coefficient (Wildman–Crippen LogP) is 0.701. The largest absolute Gasteiger partial charge is 0.468 e. The molecule has 0 amide bonds. The van der Waals surface area contributed by atoms with E-state index in [-0.39, 0.29) is 23.2 Å². The lowest BCUT2D eigenvalue weighted by Gasteiger charge is -2.44. The van der Waals surface area contributed by atoms with Crippen LogP contribution in [-0.4, -0.2) is 52.9 Å². The van der Waals surface area contributed by atoms with Crippen molar-refractivity contribution in [3.63, 3.8) is 0 Å². The summed E-state index contributed by atoms with van der Waals surface area (Å²) in [4.78, 5) is 23.7. The first-order chi connectivity index (χ1) is 10.9. The third-order valence-electron chi connectivity index (χ3n) is 5.75. The fraction of sp³-hybridized carbons (Fsp3) is 0.875. The Morgan fingerprint density at radius 2 is 2.30 bits per heavy atom. The summed E-state index contributed by atoms with van der Waals surface area (Å²) in [6, 6.07) is -0.642. The monoisotopic (exact) mass is 343 g/mol. The molecule has 130 valence electrons. The lowest BCUT2D eigenvalue weighted by atomic mass is 9.66. The van der Waals surface area contributed by atoms with Crippen molar-refractivity contribution in [2.45, 2.75) is 55.6 Å². The molecule has 1 unspecified atom stereocenters. The molecule has 7 atom stereocenters. The van der Waals surface area contributed by atoms with Crippen molar-refractivity contribution in [3.05, 3.63) is 0 Å². The highest BCUT2D eigenvalue weighted by Gasteiger charge is 2.68. The average Bonchev–Trinajstić information content (AvgIpc) is 2.96. The van der Waals surface area contributed by atoms with Gasteiger partial charge in [-0.25, -0.2) is 0 Å². The van der Waals surface area contributed by atoms with Crippen molar-refractivity contribution in [2.24, 2.45) is 23.5 Å². The van der Waals surface area contributed by atoms with Crippen LogP contribution in [0.1, 0.15) is 32.6 Å². The molecule has 1 aliphatic heterocycles. The highest BCUT2D eigenvalue weighted by Crippen LogP contribution is 2.58. The Morgan fingerprint density at radius 1 is 1.57 bits per heavy atom. The minimum absolute atomic E-state index is 0.0108. The van der Waals surface area contributed by atoms with Crippen LogP contribution in [0.4, 0.5) is 0 Å². The maximum atomic E-state index is 12.3. The maximum absolute atomic E-state index is 12.3. The molecule has 3 fully saturated rings. The Balaban J connectivity index is 1.67.